The Morgan fingerprint density at radius 2 is 1.68 bits per heavy atom. The van der Waals surface area contributed by atoms with Crippen LogP contribution in [-0.2, 0) is 21.1 Å². The molecule has 0 bridgehead atoms. The highest BCUT2D eigenvalue weighted by Crippen LogP contribution is 2.38. The number of hydrogen-bond donors (Lipinski definition) is 2. The van der Waals surface area contributed by atoms with Gasteiger partial charge in [-0.15, -0.1) is 13.2 Å². The minimum Gasteiger partial charge on any atom is -0.478 e. The number of halogens is 3. The second kappa shape index (κ2) is 11.3. The first kappa shape index (κ1) is 28.4. The van der Waals surface area contributed by atoms with E-state index in [1.807, 2.05) is 0 Å². The minimum atomic E-state index is -4.94. The summed E-state index contributed by atoms with van der Waals surface area (Å²) in [5, 5.41) is 12.1. The van der Waals surface area contributed by atoms with Crippen LogP contribution in [0.5, 0.6) is 5.75 Å². The highest BCUT2D eigenvalue weighted by Gasteiger charge is 2.32. The highest BCUT2D eigenvalue weighted by atomic mass is 32.2. The molecule has 0 unspecified atom stereocenters. The van der Waals surface area contributed by atoms with E-state index < -0.39 is 33.8 Å². The molecule has 0 aliphatic rings. The molecule has 0 aliphatic carbocycles. The summed E-state index contributed by atoms with van der Waals surface area (Å²) in [6.45, 7) is 1.54. The van der Waals surface area contributed by atoms with Gasteiger partial charge in [0.25, 0.3) is 0 Å². The number of benzene rings is 3. The number of hydrogen-bond acceptors (Lipinski definition) is 5. The molecule has 0 saturated heterocycles. The summed E-state index contributed by atoms with van der Waals surface area (Å²) in [7, 11) is -3.38. The van der Waals surface area contributed by atoms with Crippen LogP contribution in [-0.4, -0.2) is 42.1 Å². The van der Waals surface area contributed by atoms with E-state index in [1.165, 1.54) is 78.5 Å². The van der Waals surface area contributed by atoms with Crippen LogP contribution in [0.3, 0.4) is 0 Å². The number of sulfone groups is 1. The van der Waals surface area contributed by atoms with Gasteiger partial charge < -0.3 is 19.7 Å². The quantitative estimate of drug-likeness (QED) is 0.265. The average molecular weight is 573 g/mol. The van der Waals surface area contributed by atoms with Crippen LogP contribution in [0.15, 0.2) is 90.1 Å². The van der Waals surface area contributed by atoms with E-state index in [-0.39, 0.29) is 39.4 Å². The fraction of sp³-hybridized carbons (Fsp3) is 0.143. The van der Waals surface area contributed by atoms with Crippen LogP contribution < -0.4 is 10.1 Å². The first-order chi connectivity index (χ1) is 18.9. The molecule has 0 aliphatic heterocycles. The van der Waals surface area contributed by atoms with Crippen molar-refractivity contribution in [2.24, 2.45) is 0 Å². The van der Waals surface area contributed by atoms with E-state index in [1.54, 1.807) is 12.1 Å². The van der Waals surface area contributed by atoms with Gasteiger partial charge in [0.2, 0.25) is 5.91 Å². The molecule has 0 fully saturated rings. The molecule has 208 valence electrons. The summed E-state index contributed by atoms with van der Waals surface area (Å²) in [6, 6.07) is 17.3. The van der Waals surface area contributed by atoms with Crippen molar-refractivity contribution in [2.45, 2.75) is 24.6 Å². The Kier molecular flexibility index (Phi) is 8.01. The molecule has 2 N–H and O–H groups in total. The molecule has 4 rings (SSSR count). The molecular weight excluding hydrogens is 549 g/mol. The van der Waals surface area contributed by atoms with Crippen LogP contribution in [0.2, 0.25) is 0 Å². The summed E-state index contributed by atoms with van der Waals surface area (Å²) in [4.78, 5) is 24.4. The van der Waals surface area contributed by atoms with Crippen LogP contribution in [0.4, 0.5) is 18.9 Å². The van der Waals surface area contributed by atoms with E-state index >= 15 is 0 Å². The van der Waals surface area contributed by atoms with Crippen molar-refractivity contribution in [3.05, 3.63) is 96.3 Å². The van der Waals surface area contributed by atoms with Crippen molar-refractivity contribution in [1.82, 2.24) is 4.57 Å². The second-order valence-electron chi connectivity index (χ2n) is 8.66. The number of aromatic carboxylic acids is 1. The summed E-state index contributed by atoms with van der Waals surface area (Å²) >= 11 is 0. The maximum Gasteiger partial charge on any atom is 0.573 e. The summed E-state index contributed by atoms with van der Waals surface area (Å²) in [5.41, 5.74) is 1.50. The lowest BCUT2D eigenvalue weighted by molar-refractivity contribution is -0.274. The summed E-state index contributed by atoms with van der Waals surface area (Å²) in [5.74, 6) is -2.12. The lowest BCUT2D eigenvalue weighted by Crippen LogP contribution is -2.17. The first-order valence-corrected chi connectivity index (χ1v) is 13.5. The average Bonchev–Trinajstić information content (AvgIpc) is 3.39. The zero-order valence-electron chi connectivity index (χ0n) is 21.0. The van der Waals surface area contributed by atoms with Gasteiger partial charge in [-0.1, -0.05) is 43.3 Å². The van der Waals surface area contributed by atoms with Crippen LogP contribution in [0, 0.1) is 0 Å². The predicted octanol–water partition coefficient (Wildman–Crippen LogP) is 5.72. The number of carboxylic acid groups (broad SMARTS) is 1. The minimum absolute atomic E-state index is 0.0475. The Morgan fingerprint density at radius 1 is 0.975 bits per heavy atom. The number of amides is 1. The molecule has 4 aromatic rings. The maximum atomic E-state index is 13.1. The Labute approximate surface area is 227 Å². The van der Waals surface area contributed by atoms with Crippen molar-refractivity contribution in [1.29, 1.82) is 0 Å². The van der Waals surface area contributed by atoms with E-state index in [2.05, 4.69) is 10.1 Å². The Hall–Kier alpha value is -4.58. The number of aromatic nitrogens is 1. The third kappa shape index (κ3) is 6.70. The molecule has 40 heavy (non-hydrogen) atoms. The highest BCUT2D eigenvalue weighted by molar-refractivity contribution is 7.91. The third-order valence-corrected chi connectivity index (χ3v) is 7.68. The van der Waals surface area contributed by atoms with Crippen LogP contribution in [0.25, 0.3) is 16.8 Å². The van der Waals surface area contributed by atoms with Gasteiger partial charge in [-0.05, 0) is 42.0 Å². The topological polar surface area (TPSA) is 115 Å². The zero-order chi connectivity index (χ0) is 29.1. The van der Waals surface area contributed by atoms with Gasteiger partial charge >= 0.3 is 12.3 Å². The molecule has 1 aromatic heterocycles. The molecule has 3 aromatic carbocycles. The van der Waals surface area contributed by atoms with Gasteiger partial charge in [0.15, 0.2) is 9.84 Å². The number of carboxylic acids is 1. The number of ether oxygens (including phenoxy) is 1. The molecule has 0 radical (unpaired) electrons. The number of rotatable bonds is 9. The SMILES string of the molecule is CCS(=O)(=O)c1ccc(CC(=O)Nc2ccc(-c3ccccc3OC(F)(F)F)c(-n3ccc(C(=O)O)c3)c2)cc1. The van der Waals surface area contributed by atoms with Crippen molar-refractivity contribution in [3.63, 3.8) is 0 Å². The monoisotopic (exact) mass is 572 g/mol. The van der Waals surface area contributed by atoms with Gasteiger partial charge in [-0.3, -0.25) is 4.79 Å². The van der Waals surface area contributed by atoms with Gasteiger partial charge in [-0.25, -0.2) is 13.2 Å². The molecule has 1 amide bonds. The van der Waals surface area contributed by atoms with Crippen molar-refractivity contribution < 1.29 is 41.0 Å². The number of para-hydroxylation sites is 1. The van der Waals surface area contributed by atoms with Gasteiger partial charge in [0.1, 0.15) is 5.75 Å². The molecule has 12 heteroatoms. The Bertz CT molecular complexity index is 1660. The molecule has 8 nitrogen and oxygen atoms in total. The van der Waals surface area contributed by atoms with Crippen LogP contribution >= 0.6 is 0 Å². The molecule has 0 spiro atoms. The molecule has 1 heterocycles. The number of nitrogens with zero attached hydrogens (tertiary/aromatic N) is 1. The number of carbonyl (C=O) groups is 2. The fourth-order valence-electron chi connectivity index (χ4n) is 4.00. The van der Waals surface area contributed by atoms with E-state index in [0.717, 1.165) is 6.07 Å². The smallest absolute Gasteiger partial charge is 0.478 e. The van der Waals surface area contributed by atoms with Gasteiger partial charge in [0, 0.05) is 29.2 Å². The van der Waals surface area contributed by atoms with Crippen molar-refractivity contribution in [2.75, 3.05) is 11.1 Å². The zero-order valence-corrected chi connectivity index (χ0v) is 21.8. The lowest BCUT2D eigenvalue weighted by Gasteiger charge is -2.17. The third-order valence-electron chi connectivity index (χ3n) is 5.93. The van der Waals surface area contributed by atoms with Gasteiger partial charge in [0.05, 0.1) is 28.3 Å². The molecular formula is C28H23F3N2O6S. The Balaban J connectivity index is 1.67. The van der Waals surface area contributed by atoms with E-state index in [0.29, 0.717) is 11.3 Å². The maximum absolute atomic E-state index is 13.1. The van der Waals surface area contributed by atoms with E-state index in [9.17, 15) is 36.3 Å². The number of carbonyl (C=O) groups excluding carboxylic acids is 1. The second-order valence-corrected chi connectivity index (χ2v) is 10.9. The summed E-state index contributed by atoms with van der Waals surface area (Å²) < 4.78 is 68.8. The van der Waals surface area contributed by atoms with Crippen molar-refractivity contribution >= 4 is 27.4 Å². The van der Waals surface area contributed by atoms with Gasteiger partial charge in [-0.2, -0.15) is 0 Å². The number of anilines is 1. The fourth-order valence-corrected chi connectivity index (χ4v) is 4.88. The Morgan fingerprint density at radius 3 is 2.30 bits per heavy atom. The molecule has 0 atom stereocenters. The van der Waals surface area contributed by atoms with Crippen molar-refractivity contribution in [3.8, 4) is 22.6 Å². The number of alkyl halides is 3. The van der Waals surface area contributed by atoms with E-state index in [4.69, 9.17) is 0 Å². The number of nitrogens with one attached hydrogen (secondary N) is 1. The standard InChI is InChI=1S/C28H23F3N2O6S/c1-2-40(37,38)21-10-7-18(8-11-21)15-26(34)32-20-9-12-22(23-5-3-4-6-25(23)39-28(29,30)31)24(16-20)33-14-13-19(17-33)27(35)36/h3-14,16-17H,2,15H2,1H3,(H,32,34)(H,35,36). The molecule has 0 saturated carbocycles. The van der Waals surface area contributed by atoms with Crippen LogP contribution in [0.1, 0.15) is 22.8 Å². The first-order valence-electron chi connectivity index (χ1n) is 11.9. The lowest BCUT2D eigenvalue weighted by atomic mass is 10.0. The summed E-state index contributed by atoms with van der Waals surface area (Å²) in [6.07, 6.45) is -2.27. The normalized spacial score (nSPS) is 11.7. The largest absolute Gasteiger partial charge is 0.573 e. The predicted molar refractivity (Wildman–Crippen MR) is 141 cm³/mol.